The molecule has 0 spiro atoms. The number of ether oxygens (including phenoxy) is 1. The van der Waals surface area contributed by atoms with Crippen molar-refractivity contribution in [3.05, 3.63) is 29.6 Å². The van der Waals surface area contributed by atoms with E-state index in [-0.39, 0.29) is 23.5 Å². The SMILES string of the molecule is COc1cc(C(C)NCCNC(C)=O)ccc1F. The average molecular weight is 254 g/mol. The van der Waals surface area contributed by atoms with Crippen molar-refractivity contribution in [2.75, 3.05) is 20.2 Å². The van der Waals surface area contributed by atoms with Gasteiger partial charge in [0.15, 0.2) is 11.6 Å². The summed E-state index contributed by atoms with van der Waals surface area (Å²) in [5.74, 6) is -0.178. The molecule has 1 rings (SSSR count). The number of nitrogens with one attached hydrogen (secondary N) is 2. The van der Waals surface area contributed by atoms with Crippen LogP contribution in [0.25, 0.3) is 0 Å². The highest BCUT2D eigenvalue weighted by molar-refractivity contribution is 5.72. The van der Waals surface area contributed by atoms with Crippen molar-refractivity contribution < 1.29 is 13.9 Å². The number of carbonyl (C=O) groups is 1. The summed E-state index contributed by atoms with van der Waals surface area (Å²) in [6, 6.07) is 4.84. The fraction of sp³-hybridized carbons (Fsp3) is 0.462. The van der Waals surface area contributed by atoms with Crippen LogP contribution in [0, 0.1) is 5.82 Å². The number of benzene rings is 1. The van der Waals surface area contributed by atoms with Gasteiger partial charge in [-0.3, -0.25) is 4.79 Å². The quantitative estimate of drug-likeness (QED) is 0.758. The fourth-order valence-corrected chi connectivity index (χ4v) is 1.59. The third-order valence-electron chi connectivity index (χ3n) is 2.62. The number of hydrogen-bond donors (Lipinski definition) is 2. The van der Waals surface area contributed by atoms with Crippen LogP contribution in [0.2, 0.25) is 0 Å². The van der Waals surface area contributed by atoms with Gasteiger partial charge in [-0.05, 0) is 24.6 Å². The number of methoxy groups -OCH3 is 1. The summed E-state index contributed by atoms with van der Waals surface area (Å²) in [4.78, 5) is 10.7. The van der Waals surface area contributed by atoms with Gasteiger partial charge in [0, 0.05) is 26.1 Å². The van der Waals surface area contributed by atoms with Crippen molar-refractivity contribution in [3.63, 3.8) is 0 Å². The average Bonchev–Trinajstić information content (AvgIpc) is 2.34. The van der Waals surface area contributed by atoms with Crippen LogP contribution in [-0.4, -0.2) is 26.1 Å². The third kappa shape index (κ3) is 4.33. The van der Waals surface area contributed by atoms with Crippen LogP contribution in [-0.2, 0) is 4.79 Å². The molecule has 0 aliphatic rings. The van der Waals surface area contributed by atoms with Crippen LogP contribution < -0.4 is 15.4 Å². The minimum Gasteiger partial charge on any atom is -0.494 e. The van der Waals surface area contributed by atoms with Crippen molar-refractivity contribution >= 4 is 5.91 Å². The van der Waals surface area contributed by atoms with E-state index in [2.05, 4.69) is 10.6 Å². The molecule has 0 radical (unpaired) electrons. The molecule has 1 aromatic rings. The maximum Gasteiger partial charge on any atom is 0.216 e. The van der Waals surface area contributed by atoms with Crippen LogP contribution in [0.1, 0.15) is 25.5 Å². The second-order valence-electron chi connectivity index (χ2n) is 4.05. The third-order valence-corrected chi connectivity index (χ3v) is 2.62. The molecule has 1 unspecified atom stereocenters. The van der Waals surface area contributed by atoms with E-state index < -0.39 is 0 Å². The molecule has 0 saturated heterocycles. The lowest BCUT2D eigenvalue weighted by atomic mass is 10.1. The van der Waals surface area contributed by atoms with Crippen molar-refractivity contribution in [3.8, 4) is 5.75 Å². The zero-order valence-electron chi connectivity index (χ0n) is 10.9. The van der Waals surface area contributed by atoms with E-state index in [1.165, 1.54) is 20.1 Å². The zero-order valence-corrected chi connectivity index (χ0v) is 10.9. The molecule has 1 atom stereocenters. The van der Waals surface area contributed by atoms with Gasteiger partial charge in [0.1, 0.15) is 0 Å². The Labute approximate surface area is 107 Å². The molecule has 0 heterocycles. The van der Waals surface area contributed by atoms with Gasteiger partial charge in [0.05, 0.1) is 7.11 Å². The van der Waals surface area contributed by atoms with E-state index in [0.29, 0.717) is 13.1 Å². The van der Waals surface area contributed by atoms with Gasteiger partial charge in [-0.25, -0.2) is 4.39 Å². The van der Waals surface area contributed by atoms with Crippen LogP contribution in [0.3, 0.4) is 0 Å². The molecule has 1 amide bonds. The second kappa shape index (κ2) is 6.96. The molecule has 0 saturated carbocycles. The van der Waals surface area contributed by atoms with E-state index in [4.69, 9.17) is 4.74 Å². The number of hydrogen-bond acceptors (Lipinski definition) is 3. The Morgan fingerprint density at radius 1 is 1.44 bits per heavy atom. The summed E-state index contributed by atoms with van der Waals surface area (Å²) in [5.41, 5.74) is 0.941. The molecule has 18 heavy (non-hydrogen) atoms. The number of halogens is 1. The molecule has 0 fully saturated rings. The summed E-state index contributed by atoms with van der Waals surface area (Å²) >= 11 is 0. The Balaban J connectivity index is 2.50. The molecule has 100 valence electrons. The molecular weight excluding hydrogens is 235 g/mol. The summed E-state index contributed by atoms with van der Waals surface area (Å²) in [6.45, 7) is 4.67. The smallest absolute Gasteiger partial charge is 0.216 e. The predicted molar refractivity (Wildman–Crippen MR) is 68.1 cm³/mol. The van der Waals surface area contributed by atoms with Crippen molar-refractivity contribution in [1.82, 2.24) is 10.6 Å². The molecule has 1 aromatic carbocycles. The highest BCUT2D eigenvalue weighted by Gasteiger charge is 2.08. The second-order valence-corrected chi connectivity index (χ2v) is 4.05. The Morgan fingerprint density at radius 2 is 2.17 bits per heavy atom. The Kier molecular flexibility index (Phi) is 5.58. The Bertz CT molecular complexity index is 410. The molecule has 0 aliphatic carbocycles. The minimum atomic E-state index is -0.369. The highest BCUT2D eigenvalue weighted by atomic mass is 19.1. The van der Waals surface area contributed by atoms with E-state index in [0.717, 1.165) is 5.56 Å². The van der Waals surface area contributed by atoms with E-state index in [9.17, 15) is 9.18 Å². The lowest BCUT2D eigenvalue weighted by Gasteiger charge is -2.15. The first kappa shape index (κ1) is 14.4. The van der Waals surface area contributed by atoms with Gasteiger partial charge in [-0.15, -0.1) is 0 Å². The zero-order chi connectivity index (χ0) is 13.5. The van der Waals surface area contributed by atoms with Gasteiger partial charge >= 0.3 is 0 Å². The maximum absolute atomic E-state index is 13.2. The number of carbonyl (C=O) groups excluding carboxylic acids is 1. The fourth-order valence-electron chi connectivity index (χ4n) is 1.59. The summed E-state index contributed by atoms with van der Waals surface area (Å²) in [7, 11) is 1.44. The van der Waals surface area contributed by atoms with E-state index in [1.807, 2.05) is 6.92 Å². The molecular formula is C13H19FN2O2. The van der Waals surface area contributed by atoms with Crippen molar-refractivity contribution in [2.45, 2.75) is 19.9 Å². The first-order valence-electron chi connectivity index (χ1n) is 5.86. The van der Waals surface area contributed by atoms with Crippen LogP contribution in [0.15, 0.2) is 18.2 Å². The molecule has 4 nitrogen and oxygen atoms in total. The van der Waals surface area contributed by atoms with Crippen molar-refractivity contribution in [1.29, 1.82) is 0 Å². The monoisotopic (exact) mass is 254 g/mol. The number of amides is 1. The Hall–Kier alpha value is -1.62. The number of rotatable bonds is 6. The van der Waals surface area contributed by atoms with Gasteiger partial charge in [-0.2, -0.15) is 0 Å². The largest absolute Gasteiger partial charge is 0.494 e. The predicted octanol–water partition coefficient (Wildman–Crippen LogP) is 1.62. The minimum absolute atomic E-state index is 0.0482. The summed E-state index contributed by atoms with van der Waals surface area (Å²) in [5, 5.41) is 5.93. The first-order chi connectivity index (χ1) is 8.54. The molecule has 0 aromatic heterocycles. The highest BCUT2D eigenvalue weighted by Crippen LogP contribution is 2.22. The van der Waals surface area contributed by atoms with E-state index in [1.54, 1.807) is 12.1 Å². The van der Waals surface area contributed by atoms with Crippen molar-refractivity contribution in [2.24, 2.45) is 0 Å². The summed E-state index contributed by atoms with van der Waals surface area (Å²) in [6.07, 6.45) is 0. The maximum atomic E-state index is 13.2. The van der Waals surface area contributed by atoms with E-state index >= 15 is 0 Å². The topological polar surface area (TPSA) is 50.4 Å². The van der Waals surface area contributed by atoms with Gasteiger partial charge in [0.25, 0.3) is 0 Å². The lowest BCUT2D eigenvalue weighted by Crippen LogP contribution is -2.31. The standard InChI is InChI=1S/C13H19FN2O2/c1-9(15-6-7-16-10(2)17)11-4-5-12(14)13(8-11)18-3/h4-5,8-9,15H,6-7H2,1-3H3,(H,16,17). The van der Waals surface area contributed by atoms with Crippen LogP contribution in [0.4, 0.5) is 4.39 Å². The van der Waals surface area contributed by atoms with Gasteiger partial charge in [-0.1, -0.05) is 6.07 Å². The van der Waals surface area contributed by atoms with Crippen LogP contribution >= 0.6 is 0 Å². The van der Waals surface area contributed by atoms with Crippen LogP contribution in [0.5, 0.6) is 5.75 Å². The molecule has 0 aliphatic heterocycles. The van der Waals surface area contributed by atoms with Gasteiger partial charge < -0.3 is 15.4 Å². The molecule has 0 bridgehead atoms. The van der Waals surface area contributed by atoms with Gasteiger partial charge in [0.2, 0.25) is 5.91 Å². The molecule has 5 heteroatoms. The summed E-state index contributed by atoms with van der Waals surface area (Å²) < 4.78 is 18.2. The lowest BCUT2D eigenvalue weighted by molar-refractivity contribution is -0.118. The first-order valence-corrected chi connectivity index (χ1v) is 5.86. The molecule has 2 N–H and O–H groups in total. The normalized spacial score (nSPS) is 12.0. The Morgan fingerprint density at radius 3 is 2.78 bits per heavy atom.